The first-order chi connectivity index (χ1) is 8.74. The Morgan fingerprint density at radius 2 is 1.95 bits per heavy atom. The Bertz CT molecular complexity index is 411. The Kier molecular flexibility index (Phi) is 5.67. The molecule has 19 heavy (non-hydrogen) atoms. The van der Waals surface area contributed by atoms with Gasteiger partial charge in [-0.3, -0.25) is 0 Å². The summed E-state index contributed by atoms with van der Waals surface area (Å²) >= 11 is 3.32. The van der Waals surface area contributed by atoms with Crippen molar-refractivity contribution in [3.63, 3.8) is 0 Å². The van der Waals surface area contributed by atoms with Crippen molar-refractivity contribution in [2.45, 2.75) is 37.9 Å². The van der Waals surface area contributed by atoms with Crippen LogP contribution in [0.4, 0.5) is 18.9 Å². The van der Waals surface area contributed by atoms with Gasteiger partial charge in [-0.2, -0.15) is 13.2 Å². The summed E-state index contributed by atoms with van der Waals surface area (Å²) in [7, 11) is 0. The van der Waals surface area contributed by atoms with Gasteiger partial charge in [0.05, 0.1) is 12.1 Å². The predicted molar refractivity (Wildman–Crippen MR) is 73.2 cm³/mol. The summed E-state index contributed by atoms with van der Waals surface area (Å²) in [5.74, 6) is 0. The second kappa shape index (κ2) is 6.61. The molecule has 2 nitrogen and oxygen atoms in total. The van der Waals surface area contributed by atoms with E-state index in [1.54, 1.807) is 6.92 Å². The van der Waals surface area contributed by atoms with Gasteiger partial charge in [-0.15, -0.1) is 0 Å². The maximum absolute atomic E-state index is 12.1. The highest BCUT2D eigenvalue weighted by Crippen LogP contribution is 2.27. The number of rotatable bonds is 6. The van der Waals surface area contributed by atoms with Crippen molar-refractivity contribution < 1.29 is 18.3 Å². The van der Waals surface area contributed by atoms with Gasteiger partial charge >= 0.3 is 6.18 Å². The lowest BCUT2D eigenvalue weighted by atomic mass is 9.95. The van der Waals surface area contributed by atoms with Crippen molar-refractivity contribution in [2.75, 3.05) is 11.9 Å². The molecule has 0 radical (unpaired) electrons. The molecule has 0 bridgehead atoms. The Labute approximate surface area is 119 Å². The molecule has 0 spiro atoms. The number of anilines is 1. The normalized spacial score (nSPS) is 15.1. The van der Waals surface area contributed by atoms with Gasteiger partial charge in [-0.05, 0) is 38.0 Å². The van der Waals surface area contributed by atoms with E-state index in [9.17, 15) is 18.3 Å². The number of aliphatic hydroxyl groups excluding tert-OH is 1. The smallest absolute Gasteiger partial charge is 0.389 e. The van der Waals surface area contributed by atoms with Gasteiger partial charge in [0, 0.05) is 16.6 Å². The minimum Gasteiger partial charge on any atom is -0.394 e. The van der Waals surface area contributed by atoms with E-state index in [1.807, 2.05) is 24.3 Å². The standard InChI is InChI=1S/C13H17BrF3NO/c1-12(9-19,6-3-7-13(15,16)17)18-11-5-2-4-10(14)8-11/h2,4-5,8,18-19H,3,6-7,9H2,1H3. The second-order valence-corrected chi connectivity index (χ2v) is 5.74. The molecule has 0 saturated heterocycles. The van der Waals surface area contributed by atoms with E-state index >= 15 is 0 Å². The average molecular weight is 340 g/mol. The zero-order valence-electron chi connectivity index (χ0n) is 10.6. The molecule has 108 valence electrons. The highest BCUT2D eigenvalue weighted by molar-refractivity contribution is 9.10. The van der Waals surface area contributed by atoms with Crippen LogP contribution in [0.2, 0.25) is 0 Å². The fourth-order valence-electron chi connectivity index (χ4n) is 1.77. The SMILES string of the molecule is CC(CO)(CCCC(F)(F)F)Nc1cccc(Br)c1. The van der Waals surface area contributed by atoms with Gasteiger partial charge < -0.3 is 10.4 Å². The number of halogens is 4. The monoisotopic (exact) mass is 339 g/mol. The third kappa shape index (κ3) is 6.29. The molecular formula is C13H17BrF3NO. The first-order valence-corrected chi connectivity index (χ1v) is 6.75. The predicted octanol–water partition coefficient (Wildman–Crippen LogP) is 4.34. The number of hydrogen-bond acceptors (Lipinski definition) is 2. The summed E-state index contributed by atoms with van der Waals surface area (Å²) in [6.07, 6.45) is -4.74. The summed E-state index contributed by atoms with van der Waals surface area (Å²) in [5.41, 5.74) is 0.00408. The number of alkyl halides is 3. The minimum atomic E-state index is -4.15. The fourth-order valence-corrected chi connectivity index (χ4v) is 2.17. The lowest BCUT2D eigenvalue weighted by Gasteiger charge is -2.30. The molecular weight excluding hydrogens is 323 g/mol. The molecule has 1 aromatic carbocycles. The van der Waals surface area contributed by atoms with Gasteiger partial charge in [0.2, 0.25) is 0 Å². The molecule has 0 amide bonds. The Morgan fingerprint density at radius 3 is 2.47 bits per heavy atom. The van der Waals surface area contributed by atoms with Gasteiger partial charge in [0.15, 0.2) is 0 Å². The van der Waals surface area contributed by atoms with Crippen molar-refractivity contribution in [3.8, 4) is 0 Å². The molecule has 0 heterocycles. The molecule has 0 aromatic heterocycles. The van der Waals surface area contributed by atoms with E-state index < -0.39 is 18.1 Å². The summed E-state index contributed by atoms with van der Waals surface area (Å²) in [5, 5.41) is 12.5. The lowest BCUT2D eigenvalue weighted by molar-refractivity contribution is -0.136. The molecule has 1 aromatic rings. The molecule has 2 N–H and O–H groups in total. The highest BCUT2D eigenvalue weighted by Gasteiger charge is 2.29. The zero-order valence-corrected chi connectivity index (χ0v) is 12.2. The van der Waals surface area contributed by atoms with E-state index in [4.69, 9.17) is 0 Å². The van der Waals surface area contributed by atoms with E-state index in [0.29, 0.717) is 0 Å². The fraction of sp³-hybridized carbons (Fsp3) is 0.538. The molecule has 0 aliphatic heterocycles. The van der Waals surface area contributed by atoms with Gasteiger partial charge in [-0.25, -0.2) is 0 Å². The molecule has 0 aliphatic rings. The van der Waals surface area contributed by atoms with E-state index in [1.165, 1.54) is 0 Å². The first kappa shape index (κ1) is 16.3. The Balaban J connectivity index is 2.60. The summed E-state index contributed by atoms with van der Waals surface area (Å²) < 4.78 is 37.2. The number of aliphatic hydroxyl groups is 1. The zero-order chi connectivity index (χ0) is 14.5. The number of benzene rings is 1. The third-order valence-corrected chi connectivity index (χ3v) is 3.30. The van der Waals surface area contributed by atoms with Crippen molar-refractivity contribution in [2.24, 2.45) is 0 Å². The summed E-state index contributed by atoms with van der Waals surface area (Å²) in [6.45, 7) is 1.49. The molecule has 0 fully saturated rings. The maximum atomic E-state index is 12.1. The molecule has 1 rings (SSSR count). The molecule has 0 aliphatic carbocycles. The van der Waals surface area contributed by atoms with Gasteiger partial charge in [0.25, 0.3) is 0 Å². The van der Waals surface area contributed by atoms with E-state index in [2.05, 4.69) is 21.2 Å². The highest BCUT2D eigenvalue weighted by atomic mass is 79.9. The van der Waals surface area contributed by atoms with Crippen LogP contribution in [0.25, 0.3) is 0 Å². The van der Waals surface area contributed by atoms with Gasteiger partial charge in [-0.1, -0.05) is 22.0 Å². The lowest BCUT2D eigenvalue weighted by Crippen LogP contribution is -2.39. The largest absolute Gasteiger partial charge is 0.394 e. The molecule has 0 saturated carbocycles. The van der Waals surface area contributed by atoms with E-state index in [0.717, 1.165) is 10.2 Å². The number of nitrogens with one attached hydrogen (secondary N) is 1. The topological polar surface area (TPSA) is 32.3 Å². The Hall–Kier alpha value is -0.750. The van der Waals surface area contributed by atoms with Crippen molar-refractivity contribution in [3.05, 3.63) is 28.7 Å². The summed E-state index contributed by atoms with van der Waals surface area (Å²) in [4.78, 5) is 0. The van der Waals surface area contributed by atoms with E-state index in [-0.39, 0.29) is 19.4 Å². The van der Waals surface area contributed by atoms with Crippen LogP contribution in [0, 0.1) is 0 Å². The third-order valence-electron chi connectivity index (χ3n) is 2.81. The molecule has 1 unspecified atom stereocenters. The van der Waals surface area contributed by atoms with Crippen LogP contribution in [0.5, 0.6) is 0 Å². The summed E-state index contributed by atoms with van der Waals surface area (Å²) in [6, 6.07) is 7.30. The van der Waals surface area contributed by atoms with Crippen LogP contribution in [0.1, 0.15) is 26.2 Å². The second-order valence-electron chi connectivity index (χ2n) is 4.82. The number of hydrogen-bond donors (Lipinski definition) is 2. The molecule has 6 heteroatoms. The minimum absolute atomic E-state index is 0.0123. The quantitative estimate of drug-likeness (QED) is 0.807. The average Bonchev–Trinajstić information content (AvgIpc) is 2.27. The maximum Gasteiger partial charge on any atom is 0.389 e. The first-order valence-electron chi connectivity index (χ1n) is 5.95. The van der Waals surface area contributed by atoms with Crippen LogP contribution in [-0.4, -0.2) is 23.4 Å². The van der Waals surface area contributed by atoms with Crippen LogP contribution >= 0.6 is 15.9 Å². The van der Waals surface area contributed by atoms with Crippen molar-refractivity contribution in [1.29, 1.82) is 0 Å². The van der Waals surface area contributed by atoms with Crippen LogP contribution in [0.15, 0.2) is 28.7 Å². The van der Waals surface area contributed by atoms with Crippen molar-refractivity contribution in [1.82, 2.24) is 0 Å². The van der Waals surface area contributed by atoms with Crippen LogP contribution < -0.4 is 5.32 Å². The van der Waals surface area contributed by atoms with Gasteiger partial charge in [0.1, 0.15) is 0 Å². The van der Waals surface area contributed by atoms with Crippen LogP contribution in [0.3, 0.4) is 0 Å². The Morgan fingerprint density at radius 1 is 1.26 bits per heavy atom. The van der Waals surface area contributed by atoms with Crippen molar-refractivity contribution >= 4 is 21.6 Å². The molecule has 1 atom stereocenters. The van der Waals surface area contributed by atoms with Crippen LogP contribution in [-0.2, 0) is 0 Å².